The van der Waals surface area contributed by atoms with Gasteiger partial charge in [0.25, 0.3) is 0 Å². The van der Waals surface area contributed by atoms with Crippen LogP contribution in [0.15, 0.2) is 10.8 Å². The van der Waals surface area contributed by atoms with Crippen LogP contribution in [-0.2, 0) is 5.75 Å². The number of hydrogen-bond acceptors (Lipinski definition) is 5. The van der Waals surface area contributed by atoms with Crippen LogP contribution in [0.4, 0.5) is 0 Å². The molecule has 1 rings (SSSR count). The fourth-order valence-electron chi connectivity index (χ4n) is 0.917. The van der Waals surface area contributed by atoms with E-state index >= 15 is 0 Å². The maximum Gasteiger partial charge on any atom is 0.181 e. The smallest absolute Gasteiger partial charge is 0.181 e. The molecule has 15 heavy (non-hydrogen) atoms. The number of oxazole rings is 1. The first-order valence-electron chi connectivity index (χ1n) is 4.45. The van der Waals surface area contributed by atoms with E-state index in [-0.39, 0.29) is 0 Å². The highest BCUT2D eigenvalue weighted by molar-refractivity contribution is 7.98. The van der Waals surface area contributed by atoms with Gasteiger partial charge in [-0.1, -0.05) is 0 Å². The van der Waals surface area contributed by atoms with Crippen molar-refractivity contribution >= 4 is 29.1 Å². The Hall–Kier alpha value is -0.790. The lowest BCUT2D eigenvalue weighted by Crippen LogP contribution is -2.40. The SMILES string of the molecule is Cc1ncoc1CSCCNC(=S)NN. The van der Waals surface area contributed by atoms with Crippen LogP contribution in [0.3, 0.4) is 0 Å². The van der Waals surface area contributed by atoms with Gasteiger partial charge in [0.1, 0.15) is 5.76 Å². The van der Waals surface area contributed by atoms with Crippen LogP contribution in [-0.4, -0.2) is 22.4 Å². The fourth-order valence-corrected chi connectivity index (χ4v) is 1.87. The first-order valence-corrected chi connectivity index (χ1v) is 6.01. The molecule has 0 spiro atoms. The Morgan fingerprint density at radius 2 is 2.53 bits per heavy atom. The monoisotopic (exact) mass is 246 g/mol. The zero-order valence-corrected chi connectivity index (χ0v) is 10.1. The van der Waals surface area contributed by atoms with Crippen molar-refractivity contribution in [2.24, 2.45) is 5.84 Å². The molecule has 0 atom stereocenters. The Morgan fingerprint density at radius 3 is 3.13 bits per heavy atom. The van der Waals surface area contributed by atoms with Crippen LogP contribution in [0.5, 0.6) is 0 Å². The summed E-state index contributed by atoms with van der Waals surface area (Å²) in [5.74, 6) is 7.79. The average molecular weight is 246 g/mol. The normalized spacial score (nSPS) is 10.0. The summed E-state index contributed by atoms with van der Waals surface area (Å²) < 4.78 is 5.20. The topological polar surface area (TPSA) is 76.1 Å². The predicted octanol–water partition coefficient (Wildman–Crippen LogP) is 0.554. The van der Waals surface area contributed by atoms with E-state index in [1.807, 2.05) is 6.92 Å². The number of rotatable bonds is 5. The Bertz CT molecular complexity index is 315. The van der Waals surface area contributed by atoms with Gasteiger partial charge in [0.2, 0.25) is 0 Å². The van der Waals surface area contributed by atoms with Crippen molar-refractivity contribution in [3.63, 3.8) is 0 Å². The molecule has 0 aliphatic rings. The zero-order chi connectivity index (χ0) is 11.1. The van der Waals surface area contributed by atoms with E-state index in [0.717, 1.165) is 29.5 Å². The van der Waals surface area contributed by atoms with Gasteiger partial charge >= 0.3 is 0 Å². The van der Waals surface area contributed by atoms with E-state index in [0.29, 0.717) is 5.11 Å². The molecular formula is C8H14N4OS2. The summed E-state index contributed by atoms with van der Waals surface area (Å²) >= 11 is 6.57. The molecule has 0 saturated carbocycles. The van der Waals surface area contributed by atoms with Crippen molar-refractivity contribution < 1.29 is 4.42 Å². The van der Waals surface area contributed by atoms with Crippen LogP contribution in [0, 0.1) is 6.92 Å². The molecule has 1 aromatic rings. The van der Waals surface area contributed by atoms with E-state index in [9.17, 15) is 0 Å². The van der Waals surface area contributed by atoms with Crippen LogP contribution in [0.25, 0.3) is 0 Å². The molecular weight excluding hydrogens is 232 g/mol. The van der Waals surface area contributed by atoms with Crippen LogP contribution in [0.2, 0.25) is 0 Å². The number of nitrogens with one attached hydrogen (secondary N) is 2. The lowest BCUT2D eigenvalue weighted by molar-refractivity contribution is 0.522. The number of aryl methyl sites for hydroxylation is 1. The molecule has 84 valence electrons. The van der Waals surface area contributed by atoms with Crippen LogP contribution >= 0.6 is 24.0 Å². The molecule has 0 aliphatic carbocycles. The zero-order valence-electron chi connectivity index (χ0n) is 8.45. The molecule has 0 fully saturated rings. The summed E-state index contributed by atoms with van der Waals surface area (Å²) in [5, 5.41) is 3.42. The second-order valence-electron chi connectivity index (χ2n) is 2.81. The highest BCUT2D eigenvalue weighted by Crippen LogP contribution is 2.14. The third-order valence-corrected chi connectivity index (χ3v) is 2.96. The molecule has 0 radical (unpaired) electrons. The third kappa shape index (κ3) is 4.50. The van der Waals surface area contributed by atoms with E-state index in [1.165, 1.54) is 6.39 Å². The molecule has 0 amide bonds. The average Bonchev–Trinajstić information content (AvgIpc) is 2.63. The predicted molar refractivity (Wildman–Crippen MR) is 65.3 cm³/mol. The van der Waals surface area contributed by atoms with Gasteiger partial charge in [-0.2, -0.15) is 11.8 Å². The second kappa shape index (κ2) is 6.65. The highest BCUT2D eigenvalue weighted by Gasteiger charge is 2.02. The molecule has 0 saturated heterocycles. The van der Waals surface area contributed by atoms with Crippen LogP contribution < -0.4 is 16.6 Å². The number of thioether (sulfide) groups is 1. The van der Waals surface area contributed by atoms with Gasteiger partial charge in [-0.25, -0.2) is 10.8 Å². The number of nitrogens with zero attached hydrogens (tertiary/aromatic N) is 1. The number of thiocarbonyl (C=S) groups is 1. The molecule has 1 heterocycles. The summed E-state index contributed by atoms with van der Waals surface area (Å²) in [6.07, 6.45) is 1.47. The Kier molecular flexibility index (Phi) is 5.44. The molecule has 0 aliphatic heterocycles. The molecule has 0 bridgehead atoms. The third-order valence-electron chi connectivity index (χ3n) is 1.74. The van der Waals surface area contributed by atoms with E-state index in [4.69, 9.17) is 22.5 Å². The standard InChI is InChI=1S/C8H14N4OS2/c1-6-7(13-5-11-6)4-15-3-2-10-8(14)12-9/h5H,2-4,9H2,1H3,(H2,10,12,14). The summed E-state index contributed by atoms with van der Waals surface area (Å²) in [7, 11) is 0. The lowest BCUT2D eigenvalue weighted by atomic mass is 10.4. The lowest BCUT2D eigenvalue weighted by Gasteiger charge is -2.05. The van der Waals surface area contributed by atoms with Crippen molar-refractivity contribution in [3.8, 4) is 0 Å². The quantitative estimate of drug-likeness (QED) is 0.303. The minimum Gasteiger partial charge on any atom is -0.447 e. The van der Waals surface area contributed by atoms with Gasteiger partial charge in [0, 0.05) is 12.3 Å². The Labute approximate surface area is 98.2 Å². The molecule has 0 unspecified atom stereocenters. The number of hydrazine groups is 1. The van der Waals surface area contributed by atoms with Crippen LogP contribution in [0.1, 0.15) is 11.5 Å². The number of nitrogens with two attached hydrogens (primary N) is 1. The minimum absolute atomic E-state index is 0.464. The minimum atomic E-state index is 0.464. The van der Waals surface area contributed by atoms with E-state index in [2.05, 4.69) is 15.7 Å². The molecule has 5 nitrogen and oxygen atoms in total. The van der Waals surface area contributed by atoms with Gasteiger partial charge in [0.15, 0.2) is 11.5 Å². The van der Waals surface area contributed by atoms with Crippen molar-refractivity contribution in [1.29, 1.82) is 0 Å². The van der Waals surface area contributed by atoms with E-state index < -0.39 is 0 Å². The van der Waals surface area contributed by atoms with Crippen molar-refractivity contribution in [1.82, 2.24) is 15.7 Å². The summed E-state index contributed by atoms with van der Waals surface area (Å²) in [6, 6.07) is 0. The first-order chi connectivity index (χ1) is 7.24. The molecule has 7 heteroatoms. The van der Waals surface area contributed by atoms with Crippen molar-refractivity contribution in [3.05, 3.63) is 17.8 Å². The summed E-state index contributed by atoms with van der Waals surface area (Å²) in [6.45, 7) is 2.71. The Morgan fingerprint density at radius 1 is 1.73 bits per heavy atom. The van der Waals surface area contributed by atoms with Gasteiger partial charge < -0.3 is 15.2 Å². The maximum absolute atomic E-state index is 5.20. The second-order valence-corrected chi connectivity index (χ2v) is 4.33. The molecule has 4 N–H and O–H groups in total. The van der Waals surface area contributed by atoms with Gasteiger partial charge in [-0.05, 0) is 19.1 Å². The highest BCUT2D eigenvalue weighted by atomic mass is 32.2. The summed E-state index contributed by atoms with van der Waals surface area (Å²) in [5.41, 5.74) is 3.31. The van der Waals surface area contributed by atoms with Gasteiger partial charge in [-0.15, -0.1) is 0 Å². The summed E-state index contributed by atoms with van der Waals surface area (Å²) in [4.78, 5) is 4.01. The van der Waals surface area contributed by atoms with Crippen molar-refractivity contribution in [2.75, 3.05) is 12.3 Å². The fraction of sp³-hybridized carbons (Fsp3) is 0.500. The van der Waals surface area contributed by atoms with E-state index in [1.54, 1.807) is 11.8 Å². The number of hydrogen-bond donors (Lipinski definition) is 3. The Balaban J connectivity index is 2.07. The van der Waals surface area contributed by atoms with Gasteiger partial charge in [-0.3, -0.25) is 0 Å². The van der Waals surface area contributed by atoms with Gasteiger partial charge in [0.05, 0.1) is 11.4 Å². The maximum atomic E-state index is 5.20. The number of aromatic nitrogens is 1. The first kappa shape index (κ1) is 12.3. The molecule has 0 aromatic carbocycles. The molecule has 1 aromatic heterocycles. The largest absolute Gasteiger partial charge is 0.447 e. The van der Waals surface area contributed by atoms with Crippen molar-refractivity contribution in [2.45, 2.75) is 12.7 Å².